The molecule has 0 unspecified atom stereocenters. The number of carbonyl (C=O) groups is 1. The Kier molecular flexibility index (Phi) is 5.07. The van der Waals surface area contributed by atoms with Crippen LogP contribution in [0.3, 0.4) is 0 Å². The average Bonchev–Trinajstić information content (AvgIpc) is 2.74. The van der Waals surface area contributed by atoms with Crippen LogP contribution < -0.4 is 10.3 Å². The van der Waals surface area contributed by atoms with Gasteiger partial charge in [-0.1, -0.05) is 36.4 Å². The van der Waals surface area contributed by atoms with Gasteiger partial charge in [0.15, 0.2) is 0 Å². The third-order valence-electron chi connectivity index (χ3n) is 4.29. The molecule has 0 aliphatic rings. The summed E-state index contributed by atoms with van der Waals surface area (Å²) >= 11 is 0. The fraction of sp³-hybridized carbons (Fsp3) is 0.0870. The van der Waals surface area contributed by atoms with Crippen molar-refractivity contribution < 1.29 is 14.3 Å². The van der Waals surface area contributed by atoms with Gasteiger partial charge in [0.25, 0.3) is 5.56 Å². The van der Waals surface area contributed by atoms with Crippen LogP contribution in [0.15, 0.2) is 83.8 Å². The van der Waals surface area contributed by atoms with Crippen molar-refractivity contribution in [3.63, 3.8) is 0 Å². The zero-order valence-electron chi connectivity index (χ0n) is 15.7. The largest absolute Gasteiger partial charge is 0.456 e. The molecule has 0 saturated heterocycles. The molecule has 0 spiro atoms. The summed E-state index contributed by atoms with van der Waals surface area (Å²) in [5.41, 5.74) is 1.91. The number of fused-ring (bicyclic) bond motifs is 1. The van der Waals surface area contributed by atoms with Crippen LogP contribution >= 0.6 is 0 Å². The van der Waals surface area contributed by atoms with Crippen LogP contribution in [0.2, 0.25) is 0 Å². The second-order valence-electron chi connectivity index (χ2n) is 6.51. The predicted molar refractivity (Wildman–Crippen MR) is 108 cm³/mol. The molecule has 0 radical (unpaired) electrons. The molecule has 0 bridgehead atoms. The zero-order valence-corrected chi connectivity index (χ0v) is 15.7. The van der Waals surface area contributed by atoms with Gasteiger partial charge >= 0.3 is 5.97 Å². The van der Waals surface area contributed by atoms with Gasteiger partial charge in [-0.25, -0.2) is 9.78 Å². The number of benzene rings is 2. The lowest BCUT2D eigenvalue weighted by atomic mass is 10.2. The van der Waals surface area contributed by atoms with Crippen molar-refractivity contribution in [3.05, 3.63) is 106 Å². The van der Waals surface area contributed by atoms with E-state index < -0.39 is 5.97 Å². The van der Waals surface area contributed by atoms with E-state index in [0.717, 1.165) is 5.56 Å². The van der Waals surface area contributed by atoms with E-state index in [1.54, 1.807) is 48.7 Å². The molecule has 2 aromatic heterocycles. The van der Waals surface area contributed by atoms with Gasteiger partial charge < -0.3 is 9.47 Å². The van der Waals surface area contributed by atoms with Crippen molar-refractivity contribution in [1.29, 1.82) is 0 Å². The minimum Gasteiger partial charge on any atom is -0.456 e. The maximum Gasteiger partial charge on any atom is 0.342 e. The number of hydrogen-bond acceptors (Lipinski definition) is 5. The molecule has 29 heavy (non-hydrogen) atoms. The summed E-state index contributed by atoms with van der Waals surface area (Å²) in [6.45, 7) is 1.79. The highest BCUT2D eigenvalue weighted by Crippen LogP contribution is 2.25. The van der Waals surface area contributed by atoms with E-state index in [9.17, 15) is 9.59 Å². The van der Waals surface area contributed by atoms with Crippen LogP contribution in [-0.4, -0.2) is 15.4 Å². The smallest absolute Gasteiger partial charge is 0.342 e. The minimum atomic E-state index is -0.553. The number of aryl methyl sites for hydroxylation is 1. The summed E-state index contributed by atoms with van der Waals surface area (Å²) in [5.74, 6) is 0.459. The summed E-state index contributed by atoms with van der Waals surface area (Å²) in [7, 11) is 0. The van der Waals surface area contributed by atoms with Crippen LogP contribution in [0.5, 0.6) is 11.5 Å². The fourth-order valence-electron chi connectivity index (χ4n) is 2.89. The first-order valence-electron chi connectivity index (χ1n) is 9.08. The Bertz CT molecular complexity index is 1230. The Labute approximate surface area is 167 Å². The standard InChI is InChI=1S/C23H18N2O4/c1-16-11-12-21-24-17(13-22(26)25(21)14-16)15-28-23(27)19-9-5-6-10-20(19)29-18-7-3-2-4-8-18/h2-14H,15H2,1H3. The van der Waals surface area contributed by atoms with Crippen LogP contribution in [0.25, 0.3) is 5.65 Å². The van der Waals surface area contributed by atoms with Gasteiger partial charge in [0.05, 0.1) is 5.69 Å². The topological polar surface area (TPSA) is 69.9 Å². The zero-order chi connectivity index (χ0) is 20.2. The molecule has 144 valence electrons. The number of hydrogen-bond donors (Lipinski definition) is 0. The first-order valence-corrected chi connectivity index (χ1v) is 9.08. The summed E-state index contributed by atoms with van der Waals surface area (Å²) in [6, 6.07) is 21.0. The lowest BCUT2D eigenvalue weighted by Gasteiger charge is -2.11. The quantitative estimate of drug-likeness (QED) is 0.482. The third kappa shape index (κ3) is 4.16. The SMILES string of the molecule is Cc1ccc2nc(COC(=O)c3ccccc3Oc3ccccc3)cc(=O)n2c1. The van der Waals surface area contributed by atoms with Crippen LogP contribution in [0.1, 0.15) is 21.6 Å². The van der Waals surface area contributed by atoms with E-state index in [0.29, 0.717) is 28.4 Å². The molecule has 4 rings (SSSR count). The van der Waals surface area contributed by atoms with Gasteiger partial charge in [-0.2, -0.15) is 0 Å². The lowest BCUT2D eigenvalue weighted by molar-refractivity contribution is 0.0465. The monoisotopic (exact) mass is 386 g/mol. The molecular weight excluding hydrogens is 368 g/mol. The number of aromatic nitrogens is 2. The van der Waals surface area contributed by atoms with E-state index >= 15 is 0 Å². The molecule has 2 aromatic carbocycles. The third-order valence-corrected chi connectivity index (χ3v) is 4.29. The summed E-state index contributed by atoms with van der Waals surface area (Å²) in [4.78, 5) is 29.3. The van der Waals surface area contributed by atoms with Gasteiger partial charge in [-0.05, 0) is 42.8 Å². The normalized spacial score (nSPS) is 10.7. The second kappa shape index (κ2) is 7.98. The molecule has 0 aliphatic heterocycles. The van der Waals surface area contributed by atoms with Crippen molar-refractivity contribution in [2.45, 2.75) is 13.5 Å². The molecule has 2 heterocycles. The minimum absolute atomic E-state index is 0.113. The van der Waals surface area contributed by atoms with Crippen molar-refractivity contribution in [1.82, 2.24) is 9.38 Å². The highest BCUT2D eigenvalue weighted by Gasteiger charge is 2.15. The highest BCUT2D eigenvalue weighted by atomic mass is 16.5. The molecule has 4 aromatic rings. The Balaban J connectivity index is 1.53. The number of ether oxygens (including phenoxy) is 2. The van der Waals surface area contributed by atoms with E-state index in [-0.39, 0.29) is 12.2 Å². The molecule has 0 aliphatic carbocycles. The number of carbonyl (C=O) groups excluding carboxylic acids is 1. The van der Waals surface area contributed by atoms with E-state index in [1.807, 2.05) is 31.2 Å². The van der Waals surface area contributed by atoms with E-state index in [1.165, 1.54) is 10.5 Å². The Morgan fingerprint density at radius 1 is 1.00 bits per heavy atom. The van der Waals surface area contributed by atoms with Crippen molar-refractivity contribution in [2.75, 3.05) is 0 Å². The van der Waals surface area contributed by atoms with Gasteiger partial charge in [-0.15, -0.1) is 0 Å². The number of para-hydroxylation sites is 2. The first kappa shape index (κ1) is 18.4. The fourth-order valence-corrected chi connectivity index (χ4v) is 2.89. The maximum atomic E-state index is 12.6. The molecule has 0 atom stereocenters. The van der Waals surface area contributed by atoms with Gasteiger partial charge in [0, 0.05) is 12.3 Å². The maximum absolute atomic E-state index is 12.6. The predicted octanol–water partition coefficient (Wildman–Crippen LogP) is 4.15. The molecule has 6 heteroatoms. The Morgan fingerprint density at radius 2 is 1.76 bits per heavy atom. The summed E-state index contributed by atoms with van der Waals surface area (Å²) in [6.07, 6.45) is 1.72. The number of rotatable bonds is 5. The second-order valence-corrected chi connectivity index (χ2v) is 6.51. The lowest BCUT2D eigenvalue weighted by Crippen LogP contribution is -2.17. The van der Waals surface area contributed by atoms with Crippen LogP contribution in [0, 0.1) is 6.92 Å². The van der Waals surface area contributed by atoms with E-state index in [4.69, 9.17) is 9.47 Å². The van der Waals surface area contributed by atoms with Gasteiger partial charge in [0.1, 0.15) is 29.3 Å². The molecule has 0 N–H and O–H groups in total. The Morgan fingerprint density at radius 3 is 2.59 bits per heavy atom. The van der Waals surface area contributed by atoms with Crippen molar-refractivity contribution >= 4 is 11.6 Å². The molecule has 6 nitrogen and oxygen atoms in total. The number of pyridine rings is 1. The molecular formula is C23H18N2O4. The van der Waals surface area contributed by atoms with Crippen LogP contribution in [-0.2, 0) is 11.3 Å². The van der Waals surface area contributed by atoms with Crippen molar-refractivity contribution in [3.8, 4) is 11.5 Å². The average molecular weight is 386 g/mol. The van der Waals surface area contributed by atoms with Gasteiger partial charge in [-0.3, -0.25) is 9.20 Å². The van der Waals surface area contributed by atoms with Crippen LogP contribution in [0.4, 0.5) is 0 Å². The summed E-state index contributed by atoms with van der Waals surface area (Å²) in [5, 5.41) is 0. The molecule has 0 amide bonds. The summed E-state index contributed by atoms with van der Waals surface area (Å²) < 4.78 is 12.7. The molecule has 0 saturated carbocycles. The van der Waals surface area contributed by atoms with E-state index in [2.05, 4.69) is 4.98 Å². The highest BCUT2D eigenvalue weighted by molar-refractivity contribution is 5.92. The van der Waals surface area contributed by atoms with Crippen molar-refractivity contribution in [2.24, 2.45) is 0 Å². The van der Waals surface area contributed by atoms with Gasteiger partial charge in [0.2, 0.25) is 0 Å². The molecule has 0 fully saturated rings. The number of esters is 1. The first-order chi connectivity index (χ1) is 14.1. The number of nitrogens with zero attached hydrogens (tertiary/aromatic N) is 2. The Hall–Kier alpha value is -3.93.